The maximum Gasteiger partial charge on any atom is 2.00 e. The van der Waals surface area contributed by atoms with Crippen molar-refractivity contribution in [2.45, 2.75) is 12.5 Å². The van der Waals surface area contributed by atoms with Gasteiger partial charge in [0.05, 0.1) is 0 Å². The zero-order valence-corrected chi connectivity index (χ0v) is 10.4. The van der Waals surface area contributed by atoms with Gasteiger partial charge in [-0.2, -0.15) is 0 Å². The summed E-state index contributed by atoms with van der Waals surface area (Å²) >= 11 is 0. The minimum atomic E-state index is -1.06. The van der Waals surface area contributed by atoms with Crippen molar-refractivity contribution in [3.63, 3.8) is 0 Å². The Hall–Kier alpha value is -0.420. The number of carbonyl (C=O) groups is 2. The standard InChI is InChI=1S/C10H11NO3.Ca.2H/c11-9(10(13)14)5-7-3-1-2-4-8(7)6-12;;;/h1-4,6,9H,5,11H2,(H,13,14);;;/q;+2;2*-1/t9-;;;/m0.../s1. The Morgan fingerprint density at radius 1 is 1.53 bits per heavy atom. The molecule has 1 rings (SSSR count). The van der Waals surface area contributed by atoms with Crippen molar-refractivity contribution < 1.29 is 17.5 Å². The van der Waals surface area contributed by atoms with Crippen LogP contribution in [0.1, 0.15) is 18.8 Å². The van der Waals surface area contributed by atoms with Crippen molar-refractivity contribution >= 4 is 50.0 Å². The predicted molar refractivity (Wildman–Crippen MR) is 59.1 cm³/mol. The number of nitrogens with two attached hydrogens (primary N) is 1. The number of carboxylic acids is 1. The zero-order chi connectivity index (χ0) is 10.6. The molecule has 78 valence electrons. The van der Waals surface area contributed by atoms with Gasteiger partial charge in [-0.05, 0) is 12.0 Å². The molecule has 0 spiro atoms. The van der Waals surface area contributed by atoms with Crippen molar-refractivity contribution in [3.8, 4) is 0 Å². The third-order valence-electron chi connectivity index (χ3n) is 1.94. The van der Waals surface area contributed by atoms with Gasteiger partial charge >= 0.3 is 43.7 Å². The van der Waals surface area contributed by atoms with Gasteiger partial charge in [0.15, 0.2) is 0 Å². The topological polar surface area (TPSA) is 80.4 Å². The van der Waals surface area contributed by atoms with Gasteiger partial charge in [-0.1, -0.05) is 24.3 Å². The second kappa shape index (κ2) is 6.95. The van der Waals surface area contributed by atoms with Gasteiger partial charge in [-0.3, -0.25) is 9.59 Å². The van der Waals surface area contributed by atoms with Gasteiger partial charge in [0.1, 0.15) is 12.3 Å². The van der Waals surface area contributed by atoms with Crippen molar-refractivity contribution in [1.29, 1.82) is 0 Å². The van der Waals surface area contributed by atoms with Crippen molar-refractivity contribution in [2.24, 2.45) is 5.73 Å². The van der Waals surface area contributed by atoms with E-state index in [-0.39, 0.29) is 47.0 Å². The van der Waals surface area contributed by atoms with Crippen molar-refractivity contribution in [2.75, 3.05) is 0 Å². The Morgan fingerprint density at radius 3 is 2.67 bits per heavy atom. The number of aliphatic carboxylic acids is 1. The largest absolute Gasteiger partial charge is 2.00 e. The van der Waals surface area contributed by atoms with E-state index in [0.717, 1.165) is 0 Å². The summed E-state index contributed by atoms with van der Waals surface area (Å²) in [5.41, 5.74) is 6.51. The molecule has 0 aliphatic carbocycles. The molecule has 0 aliphatic rings. The third-order valence-corrected chi connectivity index (χ3v) is 1.94. The SMILES string of the molecule is N[C@@H](Cc1ccccc1C=O)C(=O)O.[Ca+2].[H-].[H-]. The quantitative estimate of drug-likeness (QED) is 0.581. The van der Waals surface area contributed by atoms with Crippen LogP contribution >= 0.6 is 0 Å². The Balaban J connectivity index is -0.000000653. The molecule has 1 atom stereocenters. The van der Waals surface area contributed by atoms with Crippen LogP contribution in [0.15, 0.2) is 24.3 Å². The molecule has 1 aromatic rings. The number of carbonyl (C=O) groups excluding carboxylic acids is 1. The van der Waals surface area contributed by atoms with E-state index in [1.54, 1.807) is 24.3 Å². The molecule has 4 nitrogen and oxygen atoms in total. The van der Waals surface area contributed by atoms with E-state index in [1.807, 2.05) is 0 Å². The molecule has 3 N–H and O–H groups in total. The van der Waals surface area contributed by atoms with Gasteiger partial charge in [0, 0.05) is 5.56 Å². The summed E-state index contributed by atoms with van der Waals surface area (Å²) in [7, 11) is 0. The van der Waals surface area contributed by atoms with E-state index < -0.39 is 12.0 Å². The van der Waals surface area contributed by atoms with Crippen LogP contribution in [0, 0.1) is 0 Å². The van der Waals surface area contributed by atoms with Crippen molar-refractivity contribution in [1.82, 2.24) is 0 Å². The molecule has 0 aliphatic heterocycles. The second-order valence-electron chi connectivity index (χ2n) is 2.97. The molecule has 0 aromatic heterocycles. The van der Waals surface area contributed by atoms with E-state index >= 15 is 0 Å². The van der Waals surface area contributed by atoms with E-state index in [9.17, 15) is 9.59 Å². The summed E-state index contributed by atoms with van der Waals surface area (Å²) in [5.74, 6) is -1.06. The smallest absolute Gasteiger partial charge is 1.00 e. The summed E-state index contributed by atoms with van der Waals surface area (Å²) in [4.78, 5) is 21.1. The average Bonchev–Trinajstić information content (AvgIpc) is 2.18. The average molecular weight is 235 g/mol. The van der Waals surface area contributed by atoms with Gasteiger partial charge < -0.3 is 13.7 Å². The van der Waals surface area contributed by atoms with Crippen molar-refractivity contribution in [3.05, 3.63) is 35.4 Å². The fraction of sp³-hybridized carbons (Fsp3) is 0.200. The number of aldehydes is 1. The number of benzene rings is 1. The number of hydrogen-bond donors (Lipinski definition) is 2. The molecular formula is C10H13CaNO3. The predicted octanol–water partition coefficient (Wildman–Crippen LogP) is 0.298. The molecule has 0 unspecified atom stereocenters. The van der Waals surface area contributed by atoms with Gasteiger partial charge in [-0.25, -0.2) is 0 Å². The van der Waals surface area contributed by atoms with E-state index in [0.29, 0.717) is 17.4 Å². The normalized spacial score (nSPS) is 11.3. The fourth-order valence-electron chi connectivity index (χ4n) is 1.16. The van der Waals surface area contributed by atoms with Crippen LogP contribution in [-0.4, -0.2) is 61.1 Å². The summed E-state index contributed by atoms with van der Waals surface area (Å²) < 4.78 is 0. The van der Waals surface area contributed by atoms with Crippen LogP contribution < -0.4 is 5.73 Å². The molecule has 0 saturated heterocycles. The van der Waals surface area contributed by atoms with Crippen LogP contribution in [-0.2, 0) is 11.2 Å². The van der Waals surface area contributed by atoms with E-state index in [2.05, 4.69) is 0 Å². The monoisotopic (exact) mass is 235 g/mol. The van der Waals surface area contributed by atoms with Crippen LogP contribution in [0.2, 0.25) is 0 Å². The Kier molecular flexibility index (Phi) is 6.76. The molecule has 0 amide bonds. The third kappa shape index (κ3) is 4.30. The first-order chi connectivity index (χ1) is 6.65. The molecule has 0 fully saturated rings. The van der Waals surface area contributed by atoms with Crippen LogP contribution in [0.5, 0.6) is 0 Å². The maximum absolute atomic E-state index is 10.6. The Morgan fingerprint density at radius 2 is 2.13 bits per heavy atom. The molecule has 5 heteroatoms. The number of carboxylic acid groups (broad SMARTS) is 1. The first kappa shape index (κ1) is 14.6. The number of rotatable bonds is 4. The van der Waals surface area contributed by atoms with Crippen LogP contribution in [0.4, 0.5) is 0 Å². The Bertz CT molecular complexity index is 363. The molecule has 0 saturated carbocycles. The molecular weight excluding hydrogens is 222 g/mol. The minimum absolute atomic E-state index is 0. The van der Waals surface area contributed by atoms with Crippen LogP contribution in [0.3, 0.4) is 0 Å². The second-order valence-corrected chi connectivity index (χ2v) is 2.97. The molecule has 0 heterocycles. The van der Waals surface area contributed by atoms with Crippen LogP contribution in [0.25, 0.3) is 0 Å². The van der Waals surface area contributed by atoms with Gasteiger partial charge in [0.25, 0.3) is 0 Å². The van der Waals surface area contributed by atoms with Gasteiger partial charge in [-0.15, -0.1) is 0 Å². The van der Waals surface area contributed by atoms with E-state index in [4.69, 9.17) is 10.8 Å². The summed E-state index contributed by atoms with van der Waals surface area (Å²) in [6.45, 7) is 0. The molecule has 1 aromatic carbocycles. The fourth-order valence-corrected chi connectivity index (χ4v) is 1.16. The first-order valence-electron chi connectivity index (χ1n) is 4.16. The molecule has 15 heavy (non-hydrogen) atoms. The minimum Gasteiger partial charge on any atom is -1.00 e. The van der Waals surface area contributed by atoms with E-state index in [1.165, 1.54) is 0 Å². The summed E-state index contributed by atoms with van der Waals surface area (Å²) in [5, 5.41) is 8.59. The number of hydrogen-bond acceptors (Lipinski definition) is 3. The molecule has 0 bridgehead atoms. The Labute approximate surface area is 120 Å². The molecule has 0 radical (unpaired) electrons. The zero-order valence-electron chi connectivity index (χ0n) is 10.2. The summed E-state index contributed by atoms with van der Waals surface area (Å²) in [6, 6.07) is 5.84. The van der Waals surface area contributed by atoms with Gasteiger partial charge in [0.2, 0.25) is 0 Å². The maximum atomic E-state index is 10.6. The summed E-state index contributed by atoms with van der Waals surface area (Å²) in [6.07, 6.45) is 0.869. The first-order valence-corrected chi connectivity index (χ1v) is 4.16.